The van der Waals surface area contributed by atoms with Crippen molar-refractivity contribution in [1.82, 2.24) is 4.98 Å². The summed E-state index contributed by atoms with van der Waals surface area (Å²) in [7, 11) is 0. The molecule has 0 saturated heterocycles. The van der Waals surface area contributed by atoms with E-state index in [1.807, 2.05) is 19.1 Å². The van der Waals surface area contributed by atoms with Gasteiger partial charge in [-0.3, -0.25) is 10.1 Å². The van der Waals surface area contributed by atoms with Crippen molar-refractivity contribution in [3.8, 4) is 0 Å². The lowest BCUT2D eigenvalue weighted by molar-refractivity contribution is 0.102. The number of rotatable bonds is 2. The van der Waals surface area contributed by atoms with Crippen LogP contribution in [0.4, 0.5) is 5.13 Å². The van der Waals surface area contributed by atoms with Gasteiger partial charge >= 0.3 is 0 Å². The first-order chi connectivity index (χ1) is 10.0. The molecule has 3 rings (SSSR count). The molecular formula is C15H10BrClN2OS. The maximum absolute atomic E-state index is 12.2. The number of nitrogens with one attached hydrogen (secondary N) is 1. The lowest BCUT2D eigenvalue weighted by Crippen LogP contribution is -2.11. The Labute approximate surface area is 139 Å². The average molecular weight is 382 g/mol. The number of halogens is 2. The quantitative estimate of drug-likeness (QED) is 0.657. The number of aryl methyl sites for hydroxylation is 1. The Morgan fingerprint density at radius 2 is 2.10 bits per heavy atom. The Balaban J connectivity index is 1.87. The molecule has 0 aliphatic heterocycles. The largest absolute Gasteiger partial charge is 0.298 e. The van der Waals surface area contributed by atoms with Gasteiger partial charge in [0, 0.05) is 10.0 Å². The van der Waals surface area contributed by atoms with Gasteiger partial charge in [0.1, 0.15) is 0 Å². The monoisotopic (exact) mass is 380 g/mol. The highest BCUT2D eigenvalue weighted by Gasteiger charge is 2.11. The minimum Gasteiger partial charge on any atom is -0.298 e. The summed E-state index contributed by atoms with van der Waals surface area (Å²) < 4.78 is 1.82. The van der Waals surface area contributed by atoms with E-state index in [2.05, 4.69) is 32.3 Å². The molecule has 0 bridgehead atoms. The molecule has 0 aliphatic carbocycles. The van der Waals surface area contributed by atoms with E-state index in [9.17, 15) is 4.79 Å². The molecule has 0 unspecified atom stereocenters. The van der Waals surface area contributed by atoms with Gasteiger partial charge in [0.2, 0.25) is 0 Å². The van der Waals surface area contributed by atoms with Crippen LogP contribution in [0.3, 0.4) is 0 Å². The molecule has 3 nitrogen and oxygen atoms in total. The van der Waals surface area contributed by atoms with E-state index < -0.39 is 0 Å². The zero-order valence-electron chi connectivity index (χ0n) is 11.0. The number of anilines is 1. The highest BCUT2D eigenvalue weighted by Crippen LogP contribution is 2.28. The van der Waals surface area contributed by atoms with Gasteiger partial charge in [0.25, 0.3) is 5.91 Å². The Hall–Kier alpha value is -1.43. The highest BCUT2D eigenvalue weighted by molar-refractivity contribution is 9.10. The molecular weight excluding hydrogens is 372 g/mol. The van der Waals surface area contributed by atoms with E-state index in [4.69, 9.17) is 11.6 Å². The van der Waals surface area contributed by atoms with Gasteiger partial charge in [-0.05, 0) is 58.7 Å². The van der Waals surface area contributed by atoms with Crippen molar-refractivity contribution in [2.45, 2.75) is 6.92 Å². The number of carbonyl (C=O) groups excluding carboxylic acids is 1. The summed E-state index contributed by atoms with van der Waals surface area (Å²) in [5.41, 5.74) is 2.55. The molecule has 1 amide bonds. The minimum atomic E-state index is -0.222. The van der Waals surface area contributed by atoms with Crippen molar-refractivity contribution >= 4 is 60.1 Å². The van der Waals surface area contributed by atoms with E-state index >= 15 is 0 Å². The summed E-state index contributed by atoms with van der Waals surface area (Å²) in [6.45, 7) is 2.03. The molecule has 0 spiro atoms. The third-order valence-electron chi connectivity index (χ3n) is 2.95. The summed E-state index contributed by atoms with van der Waals surface area (Å²) in [6.07, 6.45) is 0. The average Bonchev–Trinajstić information content (AvgIpc) is 2.83. The molecule has 0 radical (unpaired) electrons. The first-order valence-corrected chi connectivity index (χ1v) is 8.15. The van der Waals surface area contributed by atoms with Gasteiger partial charge in [-0.1, -0.05) is 29.0 Å². The Bertz CT molecular complexity index is 847. The van der Waals surface area contributed by atoms with Crippen LogP contribution in [0.25, 0.3) is 10.2 Å². The number of thiazole rings is 1. The summed E-state index contributed by atoms with van der Waals surface area (Å²) >= 11 is 10.8. The van der Waals surface area contributed by atoms with Crippen LogP contribution in [-0.2, 0) is 0 Å². The van der Waals surface area contributed by atoms with Crippen LogP contribution in [0.1, 0.15) is 15.9 Å². The third-order valence-corrected chi connectivity index (χ3v) is 5.11. The van der Waals surface area contributed by atoms with E-state index in [-0.39, 0.29) is 5.91 Å². The smallest absolute Gasteiger partial charge is 0.257 e. The zero-order valence-corrected chi connectivity index (χ0v) is 14.1. The van der Waals surface area contributed by atoms with Crippen molar-refractivity contribution in [3.63, 3.8) is 0 Å². The number of amides is 1. The Morgan fingerprint density at radius 1 is 1.29 bits per heavy atom. The fourth-order valence-corrected chi connectivity index (χ4v) is 3.28. The van der Waals surface area contributed by atoms with Crippen LogP contribution in [0.2, 0.25) is 5.02 Å². The van der Waals surface area contributed by atoms with Crippen molar-refractivity contribution in [2.24, 2.45) is 0 Å². The second-order valence-corrected chi connectivity index (χ2v) is 6.87. The van der Waals surface area contributed by atoms with Gasteiger partial charge in [0.15, 0.2) is 5.13 Å². The number of nitrogens with zero attached hydrogens (tertiary/aromatic N) is 1. The van der Waals surface area contributed by atoms with Crippen LogP contribution in [0.15, 0.2) is 40.9 Å². The Kier molecular flexibility index (Phi) is 3.97. The van der Waals surface area contributed by atoms with Crippen molar-refractivity contribution in [3.05, 3.63) is 57.0 Å². The van der Waals surface area contributed by atoms with E-state index in [0.29, 0.717) is 15.7 Å². The van der Waals surface area contributed by atoms with E-state index in [0.717, 1.165) is 14.7 Å². The van der Waals surface area contributed by atoms with Gasteiger partial charge < -0.3 is 0 Å². The van der Waals surface area contributed by atoms with Crippen LogP contribution >= 0.6 is 38.9 Å². The number of aromatic nitrogens is 1. The molecule has 106 valence electrons. The summed E-state index contributed by atoms with van der Waals surface area (Å²) in [4.78, 5) is 16.6. The predicted molar refractivity (Wildman–Crippen MR) is 91.5 cm³/mol. The van der Waals surface area contributed by atoms with Gasteiger partial charge in [0.05, 0.1) is 15.2 Å². The van der Waals surface area contributed by atoms with Crippen LogP contribution in [-0.4, -0.2) is 10.9 Å². The topological polar surface area (TPSA) is 42.0 Å². The van der Waals surface area contributed by atoms with E-state index in [1.54, 1.807) is 18.2 Å². The van der Waals surface area contributed by atoms with E-state index in [1.165, 1.54) is 16.9 Å². The second kappa shape index (κ2) is 5.75. The molecule has 2 aromatic carbocycles. The number of hydrogen-bond donors (Lipinski definition) is 1. The first kappa shape index (κ1) is 14.5. The standard InChI is InChI=1S/C15H10BrClN2OS/c1-8-2-5-12-13(6-8)21-15(18-12)19-14(20)9-3-4-10(16)11(17)7-9/h2-7H,1H3,(H,18,19,20). The maximum Gasteiger partial charge on any atom is 0.257 e. The summed E-state index contributed by atoms with van der Waals surface area (Å²) in [6, 6.07) is 11.1. The number of carbonyl (C=O) groups is 1. The zero-order chi connectivity index (χ0) is 15.0. The third kappa shape index (κ3) is 3.10. The number of fused-ring (bicyclic) bond motifs is 1. The van der Waals surface area contributed by atoms with Crippen molar-refractivity contribution in [2.75, 3.05) is 5.32 Å². The summed E-state index contributed by atoms with van der Waals surface area (Å²) in [5.74, 6) is -0.222. The minimum absolute atomic E-state index is 0.222. The molecule has 1 N–H and O–H groups in total. The lowest BCUT2D eigenvalue weighted by Gasteiger charge is -2.03. The second-order valence-electron chi connectivity index (χ2n) is 4.57. The SMILES string of the molecule is Cc1ccc2nc(NC(=O)c3ccc(Br)c(Cl)c3)sc2c1. The lowest BCUT2D eigenvalue weighted by atomic mass is 10.2. The molecule has 0 atom stereocenters. The molecule has 1 heterocycles. The number of benzene rings is 2. The highest BCUT2D eigenvalue weighted by atomic mass is 79.9. The Morgan fingerprint density at radius 3 is 2.86 bits per heavy atom. The van der Waals surface area contributed by atoms with Gasteiger partial charge in [-0.2, -0.15) is 0 Å². The molecule has 0 saturated carbocycles. The fourth-order valence-electron chi connectivity index (χ4n) is 1.89. The summed E-state index contributed by atoms with van der Waals surface area (Å²) in [5, 5.41) is 3.89. The number of hydrogen-bond acceptors (Lipinski definition) is 3. The molecule has 1 aromatic heterocycles. The van der Waals surface area contributed by atoms with Gasteiger partial charge in [-0.25, -0.2) is 4.98 Å². The fraction of sp³-hybridized carbons (Fsp3) is 0.0667. The molecule has 21 heavy (non-hydrogen) atoms. The van der Waals surface area contributed by atoms with Crippen molar-refractivity contribution in [1.29, 1.82) is 0 Å². The van der Waals surface area contributed by atoms with Crippen LogP contribution < -0.4 is 5.32 Å². The molecule has 0 fully saturated rings. The molecule has 0 aliphatic rings. The normalized spacial score (nSPS) is 10.8. The van der Waals surface area contributed by atoms with Gasteiger partial charge in [-0.15, -0.1) is 0 Å². The molecule has 3 aromatic rings. The van der Waals surface area contributed by atoms with Crippen LogP contribution in [0, 0.1) is 6.92 Å². The van der Waals surface area contributed by atoms with Crippen LogP contribution in [0.5, 0.6) is 0 Å². The van der Waals surface area contributed by atoms with Crippen molar-refractivity contribution < 1.29 is 4.79 Å². The molecule has 6 heteroatoms. The predicted octanol–water partition coefficient (Wildman–Crippen LogP) is 5.27. The first-order valence-electron chi connectivity index (χ1n) is 6.16. The maximum atomic E-state index is 12.2.